The maximum atomic E-state index is 14.3. The molecule has 0 aliphatic carbocycles. The second-order valence-electron chi connectivity index (χ2n) is 11.0. The summed E-state index contributed by atoms with van der Waals surface area (Å²) in [5, 5.41) is 5.83. The molecule has 0 aliphatic rings. The van der Waals surface area contributed by atoms with Crippen LogP contribution in [-0.4, -0.2) is 53.0 Å². The molecular formula is C33H45N3O4S. The largest absolute Gasteiger partial charge is 0.444 e. The lowest BCUT2D eigenvalue weighted by molar-refractivity contribution is -0.141. The van der Waals surface area contributed by atoms with Crippen molar-refractivity contribution in [2.24, 2.45) is 0 Å². The molecule has 8 heteroatoms. The SMILES string of the molecule is C#Cc1ccc(C(C(=O)Nc2ccccc2C)N(CCCCCC)C(=O)C(CCSC)NC(=O)OC(C)(C)C)cc1. The normalized spacial score (nSPS) is 12.5. The van der Waals surface area contributed by atoms with E-state index in [-0.39, 0.29) is 11.8 Å². The number of alkyl carbamates (subject to hydrolysis) is 1. The van der Waals surface area contributed by atoms with E-state index in [0.29, 0.717) is 35.5 Å². The van der Waals surface area contributed by atoms with Crippen LogP contribution < -0.4 is 10.6 Å². The molecule has 0 aromatic heterocycles. The van der Waals surface area contributed by atoms with Crippen molar-refractivity contribution < 1.29 is 19.1 Å². The van der Waals surface area contributed by atoms with Crippen LogP contribution in [0.1, 0.15) is 82.5 Å². The highest BCUT2D eigenvalue weighted by atomic mass is 32.2. The molecule has 41 heavy (non-hydrogen) atoms. The van der Waals surface area contributed by atoms with Crippen molar-refractivity contribution >= 4 is 35.4 Å². The van der Waals surface area contributed by atoms with E-state index in [1.165, 1.54) is 0 Å². The van der Waals surface area contributed by atoms with Gasteiger partial charge in [-0.3, -0.25) is 9.59 Å². The fraction of sp³-hybridized carbons (Fsp3) is 0.485. The number of thioether (sulfide) groups is 1. The number of hydrogen-bond donors (Lipinski definition) is 2. The molecule has 2 aromatic rings. The summed E-state index contributed by atoms with van der Waals surface area (Å²) < 4.78 is 5.48. The summed E-state index contributed by atoms with van der Waals surface area (Å²) in [6.07, 6.45) is 11.0. The first-order valence-corrected chi connectivity index (χ1v) is 15.6. The van der Waals surface area contributed by atoms with Gasteiger partial charge in [0.15, 0.2) is 0 Å². The number of hydrogen-bond acceptors (Lipinski definition) is 5. The Kier molecular flexibility index (Phi) is 13.8. The fourth-order valence-corrected chi connectivity index (χ4v) is 4.84. The van der Waals surface area contributed by atoms with E-state index in [2.05, 4.69) is 23.5 Å². The van der Waals surface area contributed by atoms with E-state index >= 15 is 0 Å². The van der Waals surface area contributed by atoms with Crippen molar-refractivity contribution in [1.29, 1.82) is 0 Å². The molecule has 2 unspecified atom stereocenters. The average molecular weight is 580 g/mol. The number of carbonyl (C=O) groups is 3. The zero-order chi connectivity index (χ0) is 30.4. The van der Waals surface area contributed by atoms with Gasteiger partial charge in [-0.05, 0) is 81.9 Å². The second-order valence-corrected chi connectivity index (χ2v) is 12.0. The van der Waals surface area contributed by atoms with Gasteiger partial charge >= 0.3 is 6.09 Å². The Balaban J connectivity index is 2.55. The van der Waals surface area contributed by atoms with Crippen molar-refractivity contribution in [3.63, 3.8) is 0 Å². The van der Waals surface area contributed by atoms with Gasteiger partial charge in [-0.25, -0.2) is 4.79 Å². The maximum absolute atomic E-state index is 14.3. The second kappa shape index (κ2) is 16.7. The molecule has 222 valence electrons. The number of aryl methyl sites for hydroxylation is 1. The number of carbonyl (C=O) groups excluding carboxylic acids is 3. The number of benzene rings is 2. The summed E-state index contributed by atoms with van der Waals surface area (Å²) in [5.74, 6) is 2.59. The van der Waals surface area contributed by atoms with E-state index in [1.807, 2.05) is 37.4 Å². The summed E-state index contributed by atoms with van der Waals surface area (Å²) in [4.78, 5) is 42.7. The molecule has 7 nitrogen and oxygen atoms in total. The summed E-state index contributed by atoms with van der Waals surface area (Å²) in [6, 6.07) is 12.9. The maximum Gasteiger partial charge on any atom is 0.408 e. The minimum atomic E-state index is -0.937. The number of amides is 3. The molecule has 2 N–H and O–H groups in total. The van der Waals surface area contributed by atoms with Gasteiger partial charge < -0.3 is 20.3 Å². The number of nitrogens with one attached hydrogen (secondary N) is 2. The smallest absolute Gasteiger partial charge is 0.408 e. The van der Waals surface area contributed by atoms with Gasteiger partial charge in [0.1, 0.15) is 17.7 Å². The van der Waals surface area contributed by atoms with Crippen LogP contribution in [0.25, 0.3) is 0 Å². The zero-order valence-corrected chi connectivity index (χ0v) is 26.1. The minimum absolute atomic E-state index is 0.327. The number of nitrogens with zero attached hydrogens (tertiary/aromatic N) is 1. The van der Waals surface area contributed by atoms with E-state index in [4.69, 9.17) is 11.2 Å². The van der Waals surface area contributed by atoms with Crippen molar-refractivity contribution in [2.75, 3.05) is 23.9 Å². The quantitative estimate of drug-likeness (QED) is 0.192. The van der Waals surface area contributed by atoms with Gasteiger partial charge in [0.05, 0.1) is 0 Å². The molecule has 0 heterocycles. The Morgan fingerprint density at radius 3 is 2.32 bits per heavy atom. The molecule has 3 amide bonds. The van der Waals surface area contributed by atoms with Crippen LogP contribution in [0.4, 0.5) is 10.5 Å². The number of unbranched alkanes of at least 4 members (excludes halogenated alkanes) is 3. The first-order chi connectivity index (χ1) is 19.5. The standard InChI is InChI=1S/C33H45N3O4S/c1-8-10-11-14-22-36(31(38)28(21-23-41-7)35-32(39)40-33(4,5)6)29(26-19-17-25(9-2)18-20-26)30(37)34-27-16-13-12-15-24(27)3/h2,12-13,15-20,28-29H,8,10-11,14,21-23H2,1,3-7H3,(H,34,37)(H,35,39). The molecule has 0 fully saturated rings. The van der Waals surface area contributed by atoms with Gasteiger partial charge in [-0.15, -0.1) is 6.42 Å². The van der Waals surface area contributed by atoms with Crippen molar-refractivity contribution in [2.45, 2.75) is 84.4 Å². The van der Waals surface area contributed by atoms with Crippen molar-refractivity contribution in [1.82, 2.24) is 10.2 Å². The number of ether oxygens (including phenoxy) is 1. The van der Waals surface area contributed by atoms with Crippen LogP contribution >= 0.6 is 11.8 Å². The van der Waals surface area contributed by atoms with E-state index < -0.39 is 23.8 Å². The van der Waals surface area contributed by atoms with Crippen LogP contribution in [0.3, 0.4) is 0 Å². The van der Waals surface area contributed by atoms with E-state index in [1.54, 1.807) is 61.7 Å². The van der Waals surface area contributed by atoms with Gasteiger partial charge in [-0.1, -0.05) is 62.4 Å². The Labute approximate surface area is 250 Å². The molecule has 0 saturated carbocycles. The van der Waals surface area contributed by atoms with Crippen LogP contribution in [0.2, 0.25) is 0 Å². The number of para-hydroxylation sites is 1. The number of rotatable bonds is 14. The molecule has 0 saturated heterocycles. The Hall–Kier alpha value is -3.44. The number of terminal acetylenes is 1. The third-order valence-corrected chi connectivity index (χ3v) is 7.14. The molecule has 0 bridgehead atoms. The lowest BCUT2D eigenvalue weighted by Crippen LogP contribution is -2.52. The van der Waals surface area contributed by atoms with Gasteiger partial charge in [-0.2, -0.15) is 11.8 Å². The third-order valence-electron chi connectivity index (χ3n) is 6.49. The van der Waals surface area contributed by atoms with E-state index in [0.717, 1.165) is 31.2 Å². The summed E-state index contributed by atoms with van der Waals surface area (Å²) in [5.41, 5.74) is 2.18. The Morgan fingerprint density at radius 1 is 1.05 bits per heavy atom. The molecule has 0 radical (unpaired) electrons. The summed E-state index contributed by atoms with van der Waals surface area (Å²) in [7, 11) is 0. The Morgan fingerprint density at radius 2 is 1.73 bits per heavy atom. The third kappa shape index (κ3) is 11.2. The fourth-order valence-electron chi connectivity index (χ4n) is 4.37. The molecule has 2 atom stereocenters. The van der Waals surface area contributed by atoms with Crippen LogP contribution in [0.15, 0.2) is 48.5 Å². The summed E-state index contributed by atoms with van der Waals surface area (Å²) >= 11 is 1.58. The highest BCUT2D eigenvalue weighted by Gasteiger charge is 2.36. The van der Waals surface area contributed by atoms with Gasteiger partial charge in [0.2, 0.25) is 5.91 Å². The van der Waals surface area contributed by atoms with Crippen LogP contribution in [0.5, 0.6) is 0 Å². The highest BCUT2D eigenvalue weighted by molar-refractivity contribution is 7.98. The first kappa shape index (κ1) is 33.8. The monoisotopic (exact) mass is 579 g/mol. The number of anilines is 1. The van der Waals surface area contributed by atoms with Gasteiger partial charge in [0, 0.05) is 17.8 Å². The Bertz CT molecular complexity index is 1180. The molecule has 0 aliphatic heterocycles. The molecule has 0 spiro atoms. The predicted octanol–water partition coefficient (Wildman–Crippen LogP) is 6.71. The van der Waals surface area contributed by atoms with Crippen molar-refractivity contribution in [3.05, 3.63) is 65.2 Å². The predicted molar refractivity (Wildman–Crippen MR) is 169 cm³/mol. The topological polar surface area (TPSA) is 87.7 Å². The lowest BCUT2D eigenvalue weighted by Gasteiger charge is -2.34. The first-order valence-electron chi connectivity index (χ1n) is 14.2. The summed E-state index contributed by atoms with van der Waals surface area (Å²) in [6.45, 7) is 9.72. The lowest BCUT2D eigenvalue weighted by atomic mass is 10.00. The van der Waals surface area contributed by atoms with Crippen molar-refractivity contribution in [3.8, 4) is 12.3 Å². The minimum Gasteiger partial charge on any atom is -0.444 e. The molecular weight excluding hydrogens is 534 g/mol. The molecule has 2 rings (SSSR count). The average Bonchev–Trinajstić information content (AvgIpc) is 2.92. The van der Waals surface area contributed by atoms with Crippen LogP contribution in [0, 0.1) is 19.3 Å². The van der Waals surface area contributed by atoms with Gasteiger partial charge in [0.25, 0.3) is 5.91 Å². The highest BCUT2D eigenvalue weighted by Crippen LogP contribution is 2.27. The van der Waals surface area contributed by atoms with E-state index in [9.17, 15) is 14.4 Å². The molecule has 2 aromatic carbocycles. The van der Waals surface area contributed by atoms with Crippen LogP contribution in [-0.2, 0) is 14.3 Å². The zero-order valence-electron chi connectivity index (χ0n) is 25.3.